The zero-order valence-corrected chi connectivity index (χ0v) is 14.4. The quantitative estimate of drug-likeness (QED) is 0.858. The van der Waals surface area contributed by atoms with Gasteiger partial charge in [0.1, 0.15) is 11.6 Å². The molecule has 2 atom stereocenters. The molecule has 2 saturated heterocycles. The Morgan fingerprint density at radius 3 is 2.50 bits per heavy atom. The molecule has 4 heteroatoms. The van der Waals surface area contributed by atoms with Gasteiger partial charge in [-0.05, 0) is 51.0 Å². The number of piperidine rings is 2. The van der Waals surface area contributed by atoms with Crippen molar-refractivity contribution in [3.8, 4) is 0 Å². The summed E-state index contributed by atoms with van der Waals surface area (Å²) in [5.74, 6) is 3.72. The van der Waals surface area contributed by atoms with Gasteiger partial charge in [0.05, 0.1) is 6.54 Å². The predicted molar refractivity (Wildman–Crippen MR) is 91.1 cm³/mol. The van der Waals surface area contributed by atoms with Crippen LogP contribution in [0.15, 0.2) is 6.07 Å². The summed E-state index contributed by atoms with van der Waals surface area (Å²) in [6, 6.07) is 2.15. The van der Waals surface area contributed by atoms with Crippen molar-refractivity contribution in [3.05, 3.63) is 17.6 Å². The molecule has 2 fully saturated rings. The highest BCUT2D eigenvalue weighted by Crippen LogP contribution is 2.23. The highest BCUT2D eigenvalue weighted by molar-refractivity contribution is 5.40. The monoisotopic (exact) mass is 302 g/mol. The van der Waals surface area contributed by atoms with E-state index in [0.29, 0.717) is 0 Å². The molecular formula is C18H30N4. The first-order valence-corrected chi connectivity index (χ1v) is 8.92. The van der Waals surface area contributed by atoms with Gasteiger partial charge >= 0.3 is 0 Å². The molecule has 4 nitrogen and oxygen atoms in total. The van der Waals surface area contributed by atoms with Crippen molar-refractivity contribution in [1.29, 1.82) is 0 Å². The first-order valence-electron chi connectivity index (χ1n) is 8.92. The molecule has 1 aromatic heterocycles. The Labute approximate surface area is 134 Å². The minimum Gasteiger partial charge on any atom is -0.356 e. The highest BCUT2D eigenvalue weighted by Gasteiger charge is 2.20. The van der Waals surface area contributed by atoms with Crippen LogP contribution < -0.4 is 4.90 Å². The van der Waals surface area contributed by atoms with Crippen LogP contribution in [0.25, 0.3) is 0 Å². The summed E-state index contributed by atoms with van der Waals surface area (Å²) in [5.41, 5.74) is 1.10. The fourth-order valence-corrected chi connectivity index (χ4v) is 3.87. The van der Waals surface area contributed by atoms with Crippen LogP contribution in [0.4, 0.5) is 5.82 Å². The zero-order valence-electron chi connectivity index (χ0n) is 14.4. The van der Waals surface area contributed by atoms with E-state index >= 15 is 0 Å². The Balaban J connectivity index is 1.72. The largest absolute Gasteiger partial charge is 0.356 e. The summed E-state index contributed by atoms with van der Waals surface area (Å²) < 4.78 is 0. The lowest BCUT2D eigenvalue weighted by Crippen LogP contribution is -2.36. The Hall–Kier alpha value is -1.16. The van der Waals surface area contributed by atoms with Crippen LogP contribution in [-0.2, 0) is 6.54 Å². The van der Waals surface area contributed by atoms with Crippen molar-refractivity contribution in [1.82, 2.24) is 14.9 Å². The molecular weight excluding hydrogens is 272 g/mol. The Kier molecular flexibility index (Phi) is 4.97. The maximum atomic E-state index is 4.88. The average molecular weight is 302 g/mol. The third-order valence-electron chi connectivity index (χ3n) is 4.97. The van der Waals surface area contributed by atoms with Crippen LogP contribution in [-0.4, -0.2) is 41.0 Å². The van der Waals surface area contributed by atoms with Gasteiger partial charge in [0.25, 0.3) is 0 Å². The second-order valence-electron chi connectivity index (χ2n) is 7.46. The number of aromatic nitrogens is 2. The molecule has 0 spiro atoms. The number of aryl methyl sites for hydroxylation is 1. The van der Waals surface area contributed by atoms with Crippen LogP contribution >= 0.6 is 0 Å². The van der Waals surface area contributed by atoms with Crippen molar-refractivity contribution < 1.29 is 0 Å². The number of hydrogen-bond acceptors (Lipinski definition) is 4. The zero-order chi connectivity index (χ0) is 15.5. The molecule has 0 N–H and O–H groups in total. The second kappa shape index (κ2) is 6.95. The summed E-state index contributed by atoms with van der Waals surface area (Å²) in [7, 11) is 0. The van der Waals surface area contributed by atoms with Gasteiger partial charge < -0.3 is 4.90 Å². The van der Waals surface area contributed by atoms with Crippen LogP contribution in [0.1, 0.15) is 51.0 Å². The molecule has 0 amide bonds. The summed E-state index contributed by atoms with van der Waals surface area (Å²) in [6.45, 7) is 12.4. The lowest BCUT2D eigenvalue weighted by atomic mass is 10.0. The molecule has 3 heterocycles. The lowest BCUT2D eigenvalue weighted by molar-refractivity contribution is 0.173. The van der Waals surface area contributed by atoms with Gasteiger partial charge in [-0.2, -0.15) is 0 Å². The van der Waals surface area contributed by atoms with Gasteiger partial charge in [-0.3, -0.25) is 4.90 Å². The van der Waals surface area contributed by atoms with E-state index < -0.39 is 0 Å². The van der Waals surface area contributed by atoms with Crippen LogP contribution in [0.5, 0.6) is 0 Å². The molecule has 0 unspecified atom stereocenters. The summed E-state index contributed by atoms with van der Waals surface area (Å²) in [4.78, 5) is 14.5. The number of nitrogens with zero attached hydrogens (tertiary/aromatic N) is 4. The second-order valence-corrected chi connectivity index (χ2v) is 7.46. The summed E-state index contributed by atoms with van der Waals surface area (Å²) >= 11 is 0. The number of hydrogen-bond donors (Lipinski definition) is 0. The van der Waals surface area contributed by atoms with Gasteiger partial charge in [-0.1, -0.05) is 13.8 Å². The molecule has 3 rings (SSSR count). The maximum absolute atomic E-state index is 4.88. The third kappa shape index (κ3) is 3.97. The molecule has 122 valence electrons. The number of rotatable bonds is 3. The van der Waals surface area contributed by atoms with Crippen molar-refractivity contribution in [2.24, 2.45) is 11.8 Å². The minimum absolute atomic E-state index is 0.774. The Bertz CT molecular complexity index is 502. The van der Waals surface area contributed by atoms with Crippen molar-refractivity contribution >= 4 is 5.82 Å². The van der Waals surface area contributed by atoms with E-state index in [2.05, 4.69) is 41.6 Å². The first-order chi connectivity index (χ1) is 10.6. The van der Waals surface area contributed by atoms with Gasteiger partial charge in [-0.25, -0.2) is 9.97 Å². The molecule has 0 bridgehead atoms. The molecule has 2 aliphatic heterocycles. The van der Waals surface area contributed by atoms with Crippen molar-refractivity contribution in [3.63, 3.8) is 0 Å². The average Bonchev–Trinajstić information content (AvgIpc) is 2.46. The van der Waals surface area contributed by atoms with Crippen molar-refractivity contribution in [2.75, 3.05) is 31.1 Å². The van der Waals surface area contributed by atoms with E-state index in [9.17, 15) is 0 Å². The minimum atomic E-state index is 0.774. The molecule has 22 heavy (non-hydrogen) atoms. The Morgan fingerprint density at radius 2 is 1.77 bits per heavy atom. The fraction of sp³-hybridized carbons (Fsp3) is 0.778. The highest BCUT2D eigenvalue weighted by atomic mass is 15.2. The molecule has 1 aromatic rings. The number of likely N-dealkylation sites (tertiary alicyclic amines) is 1. The Morgan fingerprint density at radius 1 is 1.05 bits per heavy atom. The smallest absolute Gasteiger partial charge is 0.144 e. The van der Waals surface area contributed by atoms with Crippen LogP contribution in [0.3, 0.4) is 0 Å². The SMILES string of the molecule is Cc1cc(N2CCC[C@H](C)C2)nc(CN2CCC[C@@H](C)C2)n1. The van der Waals surface area contributed by atoms with Gasteiger partial charge in [0.2, 0.25) is 0 Å². The maximum Gasteiger partial charge on any atom is 0.144 e. The summed E-state index contributed by atoms with van der Waals surface area (Å²) in [6.07, 6.45) is 5.30. The van der Waals surface area contributed by atoms with E-state index in [0.717, 1.165) is 48.8 Å². The first kappa shape index (κ1) is 15.7. The van der Waals surface area contributed by atoms with E-state index in [4.69, 9.17) is 4.98 Å². The van der Waals surface area contributed by atoms with Crippen LogP contribution in [0.2, 0.25) is 0 Å². The van der Waals surface area contributed by atoms with E-state index in [1.807, 2.05) is 0 Å². The van der Waals surface area contributed by atoms with Gasteiger partial charge in [-0.15, -0.1) is 0 Å². The standard InChI is InChI=1S/C18H30N4/c1-14-6-4-8-21(11-14)13-17-19-16(3)10-18(20-17)22-9-5-7-15(2)12-22/h10,14-15H,4-9,11-13H2,1-3H3/t14-,15+/m1/s1. The molecule has 0 aromatic carbocycles. The number of anilines is 1. The van der Waals surface area contributed by atoms with Crippen LogP contribution in [0, 0.1) is 18.8 Å². The molecule has 0 radical (unpaired) electrons. The lowest BCUT2D eigenvalue weighted by Gasteiger charge is -2.33. The molecule has 2 aliphatic rings. The van der Waals surface area contributed by atoms with Gasteiger partial charge in [0, 0.05) is 31.4 Å². The normalized spacial score (nSPS) is 27.1. The van der Waals surface area contributed by atoms with E-state index in [1.165, 1.54) is 38.8 Å². The molecule has 0 aliphatic carbocycles. The van der Waals surface area contributed by atoms with Gasteiger partial charge in [0.15, 0.2) is 0 Å². The van der Waals surface area contributed by atoms with E-state index in [1.54, 1.807) is 0 Å². The fourth-order valence-electron chi connectivity index (χ4n) is 3.87. The topological polar surface area (TPSA) is 32.3 Å². The van der Waals surface area contributed by atoms with E-state index in [-0.39, 0.29) is 0 Å². The third-order valence-corrected chi connectivity index (χ3v) is 4.97. The predicted octanol–water partition coefficient (Wildman–Crippen LogP) is 3.25. The van der Waals surface area contributed by atoms with Crippen molar-refractivity contribution in [2.45, 2.75) is 53.0 Å². The summed E-state index contributed by atoms with van der Waals surface area (Å²) in [5, 5.41) is 0. The molecule has 0 saturated carbocycles.